The normalized spacial score (nSPS) is 15.1. The smallest absolute Gasteiger partial charge is 0.337 e. The van der Waals surface area contributed by atoms with E-state index in [1.165, 1.54) is 7.11 Å². The molecule has 0 bridgehead atoms. The number of rotatable bonds is 15. The molecule has 13 heteroatoms. The zero-order valence-electron chi connectivity index (χ0n) is 26.0. The van der Waals surface area contributed by atoms with Crippen LogP contribution in [-0.4, -0.2) is 56.5 Å². The lowest BCUT2D eigenvalue weighted by molar-refractivity contribution is -0.136. The maximum absolute atomic E-state index is 12.5. The van der Waals surface area contributed by atoms with Gasteiger partial charge in [0.2, 0.25) is 0 Å². The molecule has 3 aromatic carbocycles. The third kappa shape index (κ3) is 8.92. The first-order valence-corrected chi connectivity index (χ1v) is 15.4. The molecule has 2 atom stereocenters. The van der Waals surface area contributed by atoms with Gasteiger partial charge in [-0.1, -0.05) is 36.4 Å². The quantitative estimate of drug-likeness (QED) is 0.0750. The number of benzene rings is 3. The molecule has 12 nitrogen and oxygen atoms in total. The largest absolute Gasteiger partial charge is 0.490 e. The molecule has 4 rings (SSSR count). The van der Waals surface area contributed by atoms with Gasteiger partial charge in [-0.25, -0.2) is 9.59 Å². The summed E-state index contributed by atoms with van der Waals surface area (Å²) >= 11 is 3.57. The Morgan fingerprint density at radius 2 is 1.76 bits per heavy atom. The predicted octanol–water partition coefficient (Wildman–Crippen LogP) is 4.95. The molecular weight excluding hydrogens is 660 g/mol. The summed E-state index contributed by atoms with van der Waals surface area (Å²) in [5.74, 6) is 1.28. The number of nitrogens with zero attached hydrogens (tertiary/aromatic N) is 1. The molecule has 3 aromatic rings. The van der Waals surface area contributed by atoms with E-state index in [1.54, 1.807) is 37.4 Å². The van der Waals surface area contributed by atoms with Crippen LogP contribution in [0.2, 0.25) is 0 Å². The van der Waals surface area contributed by atoms with Crippen molar-refractivity contribution in [3.05, 3.63) is 93.1 Å². The molecule has 0 saturated heterocycles. The standard InChI is InChI=1S/C33H37BrN4O8/c1-5-43-26-16-23(30-29(32(40)42-4)20(3)36-33(41)37-30)12-13-25(26)45-19-28(39)38-35-17-22-14-24(34)31(27(15-22)44-6-2)46-18-21-10-8-7-9-11-21/h7-17,28,30,38-39H,5-6,18-19H2,1-4H3,(H2,36,37,41)/b35-17-/t28-,30-/m1/s1. The predicted molar refractivity (Wildman–Crippen MR) is 175 cm³/mol. The van der Waals surface area contributed by atoms with Crippen LogP contribution >= 0.6 is 15.9 Å². The van der Waals surface area contributed by atoms with Gasteiger partial charge in [0, 0.05) is 5.70 Å². The second kappa shape index (κ2) is 16.5. The monoisotopic (exact) mass is 696 g/mol. The van der Waals surface area contributed by atoms with E-state index in [1.807, 2.05) is 50.2 Å². The highest BCUT2D eigenvalue weighted by Gasteiger charge is 2.32. The average Bonchev–Trinajstić information content (AvgIpc) is 3.04. The molecule has 1 aliphatic heterocycles. The number of ether oxygens (including phenoxy) is 5. The number of urea groups is 1. The fourth-order valence-electron chi connectivity index (χ4n) is 4.62. The van der Waals surface area contributed by atoms with Gasteiger partial charge in [0.25, 0.3) is 0 Å². The first-order chi connectivity index (χ1) is 22.2. The summed E-state index contributed by atoms with van der Waals surface area (Å²) in [6.07, 6.45) is 0.383. The number of hydrogen-bond acceptors (Lipinski definition) is 10. The van der Waals surface area contributed by atoms with Crippen LogP contribution in [0.3, 0.4) is 0 Å². The van der Waals surface area contributed by atoms with Gasteiger partial charge in [-0.15, -0.1) is 0 Å². The molecule has 0 unspecified atom stereocenters. The van der Waals surface area contributed by atoms with Crippen LogP contribution in [0, 0.1) is 0 Å². The van der Waals surface area contributed by atoms with Crippen LogP contribution in [-0.2, 0) is 16.1 Å². The first kappa shape index (κ1) is 34.1. The van der Waals surface area contributed by atoms with E-state index in [4.69, 9.17) is 23.7 Å². The van der Waals surface area contributed by atoms with E-state index in [0.717, 1.165) is 5.56 Å². The number of esters is 1. The molecule has 2 amide bonds. The summed E-state index contributed by atoms with van der Waals surface area (Å²) in [6.45, 7) is 6.33. The highest BCUT2D eigenvalue weighted by Crippen LogP contribution is 2.37. The van der Waals surface area contributed by atoms with Gasteiger partial charge in [0.05, 0.1) is 42.6 Å². The van der Waals surface area contributed by atoms with E-state index in [9.17, 15) is 14.7 Å². The summed E-state index contributed by atoms with van der Waals surface area (Å²) in [4.78, 5) is 24.6. The van der Waals surface area contributed by atoms with Crippen molar-refractivity contribution in [2.75, 3.05) is 26.9 Å². The van der Waals surface area contributed by atoms with Crippen molar-refractivity contribution in [2.24, 2.45) is 5.10 Å². The molecular formula is C33H37BrN4O8. The summed E-state index contributed by atoms with van der Waals surface area (Å²) in [5, 5.41) is 20.0. The molecule has 1 aliphatic rings. The van der Waals surface area contributed by atoms with E-state index in [0.29, 0.717) is 64.1 Å². The SMILES string of the molecule is CCOc1cc([C@H]2NC(=O)NC(C)=C2C(=O)OC)ccc1OC[C@@H](O)N/N=C\c1cc(Br)c(OCc2ccccc2)c(OCC)c1. The second-order valence-corrected chi connectivity index (χ2v) is 10.8. The molecule has 4 N–H and O–H groups in total. The number of nitrogens with one attached hydrogen (secondary N) is 3. The number of aliphatic hydroxyl groups excluding tert-OH is 1. The Kier molecular flexibility index (Phi) is 12.3. The molecule has 0 radical (unpaired) electrons. The van der Waals surface area contributed by atoms with Crippen LogP contribution in [0.4, 0.5) is 4.79 Å². The molecule has 0 saturated carbocycles. The number of carbonyl (C=O) groups is 2. The van der Waals surface area contributed by atoms with Crippen molar-refractivity contribution >= 4 is 34.1 Å². The number of hydrogen-bond donors (Lipinski definition) is 4. The van der Waals surface area contributed by atoms with Crippen molar-refractivity contribution in [2.45, 2.75) is 39.6 Å². The van der Waals surface area contributed by atoms with Gasteiger partial charge >= 0.3 is 12.0 Å². The number of carbonyl (C=O) groups excluding carboxylic acids is 2. The number of methoxy groups -OCH3 is 1. The topological polar surface area (TPSA) is 149 Å². The molecule has 0 aromatic heterocycles. The van der Waals surface area contributed by atoms with Crippen LogP contribution in [0.25, 0.3) is 0 Å². The molecule has 1 heterocycles. The van der Waals surface area contributed by atoms with Crippen molar-refractivity contribution in [3.63, 3.8) is 0 Å². The fraction of sp³-hybridized carbons (Fsp3) is 0.303. The maximum atomic E-state index is 12.5. The summed E-state index contributed by atoms with van der Waals surface area (Å²) < 4.78 is 29.0. The summed E-state index contributed by atoms with van der Waals surface area (Å²) in [7, 11) is 1.28. The molecule has 46 heavy (non-hydrogen) atoms. The van der Waals surface area contributed by atoms with Crippen LogP contribution < -0.4 is 35.0 Å². The Bertz CT molecular complexity index is 1580. The van der Waals surface area contributed by atoms with Crippen molar-refractivity contribution < 1.29 is 38.4 Å². The van der Waals surface area contributed by atoms with Gasteiger partial charge in [-0.3, -0.25) is 5.43 Å². The first-order valence-electron chi connectivity index (χ1n) is 14.6. The fourth-order valence-corrected chi connectivity index (χ4v) is 5.19. The van der Waals surface area contributed by atoms with Gasteiger partial charge in [-0.05, 0) is 77.7 Å². The minimum Gasteiger partial charge on any atom is -0.490 e. The second-order valence-electron chi connectivity index (χ2n) is 9.95. The van der Waals surface area contributed by atoms with Gasteiger partial charge in [0.15, 0.2) is 29.2 Å². The van der Waals surface area contributed by atoms with Crippen LogP contribution in [0.15, 0.2) is 81.5 Å². The van der Waals surface area contributed by atoms with E-state index >= 15 is 0 Å². The van der Waals surface area contributed by atoms with E-state index < -0.39 is 24.3 Å². The molecule has 244 valence electrons. The lowest BCUT2D eigenvalue weighted by Crippen LogP contribution is -2.45. The highest BCUT2D eigenvalue weighted by molar-refractivity contribution is 9.10. The molecule has 0 fully saturated rings. The van der Waals surface area contributed by atoms with Gasteiger partial charge in [-0.2, -0.15) is 5.10 Å². The lowest BCUT2D eigenvalue weighted by Gasteiger charge is -2.28. The summed E-state index contributed by atoms with van der Waals surface area (Å²) in [6, 6.07) is 17.3. The zero-order chi connectivity index (χ0) is 33.1. The molecule has 0 aliphatic carbocycles. The van der Waals surface area contributed by atoms with Gasteiger partial charge in [0.1, 0.15) is 13.2 Å². The Labute approximate surface area is 275 Å². The van der Waals surface area contributed by atoms with Crippen molar-refractivity contribution in [1.82, 2.24) is 16.1 Å². The minimum absolute atomic E-state index is 0.159. The Morgan fingerprint density at radius 3 is 2.48 bits per heavy atom. The number of halogens is 1. The Balaban J connectivity index is 1.40. The third-order valence-corrected chi connectivity index (χ3v) is 7.26. The number of hydrazone groups is 1. The number of aliphatic hydroxyl groups is 1. The zero-order valence-corrected chi connectivity index (χ0v) is 27.6. The Morgan fingerprint density at radius 1 is 1.02 bits per heavy atom. The Hall–Kier alpha value is -4.75. The van der Waals surface area contributed by atoms with Crippen LogP contribution in [0.1, 0.15) is 43.5 Å². The minimum atomic E-state index is -1.16. The highest BCUT2D eigenvalue weighted by atomic mass is 79.9. The van der Waals surface area contributed by atoms with E-state index in [2.05, 4.69) is 37.1 Å². The lowest BCUT2D eigenvalue weighted by atomic mass is 9.95. The third-order valence-electron chi connectivity index (χ3n) is 6.67. The van der Waals surface area contributed by atoms with Gasteiger partial charge < -0.3 is 39.4 Å². The average molecular weight is 698 g/mol. The van der Waals surface area contributed by atoms with Crippen molar-refractivity contribution in [3.8, 4) is 23.0 Å². The van der Waals surface area contributed by atoms with Crippen LogP contribution in [0.5, 0.6) is 23.0 Å². The van der Waals surface area contributed by atoms with E-state index in [-0.39, 0.29) is 12.2 Å². The maximum Gasteiger partial charge on any atom is 0.337 e. The molecule has 0 spiro atoms. The number of amides is 2. The summed E-state index contributed by atoms with van der Waals surface area (Å²) in [5.41, 5.74) is 5.62. The number of allylic oxidation sites excluding steroid dienone is 1. The van der Waals surface area contributed by atoms with Crippen molar-refractivity contribution in [1.29, 1.82) is 0 Å².